The molecular formula is C16H22N2O2S. The quantitative estimate of drug-likeness (QED) is 0.841. The molecule has 0 radical (unpaired) electrons. The molecule has 0 spiro atoms. The normalized spacial score (nSPS) is 36.8. The Balaban J connectivity index is 1.61. The summed E-state index contributed by atoms with van der Waals surface area (Å²) < 4.78 is 28.4. The van der Waals surface area contributed by atoms with Crippen molar-refractivity contribution in [2.75, 3.05) is 5.73 Å². The zero-order chi connectivity index (χ0) is 14.9. The molecule has 3 N–H and O–H groups in total. The Kier molecular flexibility index (Phi) is 2.74. The summed E-state index contributed by atoms with van der Waals surface area (Å²) in [6.07, 6.45) is 3.91. The second-order valence-corrected chi connectivity index (χ2v) is 8.79. The van der Waals surface area contributed by atoms with Gasteiger partial charge in [-0.2, -0.15) is 0 Å². The first-order chi connectivity index (χ1) is 9.88. The van der Waals surface area contributed by atoms with E-state index in [1.54, 1.807) is 13.0 Å². The lowest BCUT2D eigenvalue weighted by molar-refractivity contribution is 0.456. The molecule has 4 nitrogen and oxygen atoms in total. The number of nitrogen functional groups attached to an aromatic ring is 1. The molecule has 4 atom stereocenters. The molecule has 0 amide bonds. The molecule has 0 heterocycles. The van der Waals surface area contributed by atoms with Gasteiger partial charge in [-0.1, -0.05) is 0 Å². The molecule has 2 bridgehead atoms. The lowest BCUT2D eigenvalue weighted by Gasteiger charge is -2.14. The molecule has 3 aliphatic rings. The van der Waals surface area contributed by atoms with Gasteiger partial charge in [0.1, 0.15) is 0 Å². The number of aryl methyl sites for hydroxylation is 1. The van der Waals surface area contributed by atoms with E-state index in [2.05, 4.69) is 4.72 Å². The van der Waals surface area contributed by atoms with Crippen LogP contribution in [-0.4, -0.2) is 14.5 Å². The van der Waals surface area contributed by atoms with Gasteiger partial charge >= 0.3 is 0 Å². The van der Waals surface area contributed by atoms with Crippen molar-refractivity contribution in [3.05, 3.63) is 23.3 Å². The van der Waals surface area contributed by atoms with Crippen LogP contribution in [0.1, 0.15) is 30.4 Å². The summed E-state index contributed by atoms with van der Waals surface area (Å²) in [5, 5.41) is 0. The zero-order valence-corrected chi connectivity index (χ0v) is 13.3. The standard InChI is InChI=1S/C16H22N2O2S/c1-8-5-12(17)9(2)13(6-8)21(19,20)18-16-14-10-3-4-11(7-10)15(14)16/h5-6,10-11,14-16,18H,3-4,7,17H2,1-2H3. The van der Waals surface area contributed by atoms with E-state index >= 15 is 0 Å². The highest BCUT2D eigenvalue weighted by molar-refractivity contribution is 7.89. The number of benzene rings is 1. The van der Waals surface area contributed by atoms with Gasteiger partial charge in [-0.05, 0) is 80.0 Å². The van der Waals surface area contributed by atoms with Crippen molar-refractivity contribution in [2.24, 2.45) is 23.7 Å². The first kappa shape index (κ1) is 13.6. The highest BCUT2D eigenvalue weighted by atomic mass is 32.2. The van der Waals surface area contributed by atoms with Crippen LogP contribution >= 0.6 is 0 Å². The van der Waals surface area contributed by atoms with E-state index in [4.69, 9.17) is 5.73 Å². The molecular weight excluding hydrogens is 284 g/mol. The Morgan fingerprint density at radius 3 is 2.38 bits per heavy atom. The first-order valence-corrected chi connectivity index (χ1v) is 9.26. The average molecular weight is 306 g/mol. The monoisotopic (exact) mass is 306 g/mol. The average Bonchev–Trinajstić information content (AvgIpc) is 2.82. The van der Waals surface area contributed by atoms with Crippen LogP contribution in [0.3, 0.4) is 0 Å². The zero-order valence-electron chi connectivity index (χ0n) is 12.5. The van der Waals surface area contributed by atoms with Gasteiger partial charge in [0.2, 0.25) is 10.0 Å². The van der Waals surface area contributed by atoms with Crippen molar-refractivity contribution >= 4 is 15.7 Å². The number of hydrogen-bond donors (Lipinski definition) is 2. The van der Waals surface area contributed by atoms with Gasteiger partial charge < -0.3 is 5.73 Å². The Morgan fingerprint density at radius 1 is 1.14 bits per heavy atom. The Hall–Kier alpha value is -1.07. The van der Waals surface area contributed by atoms with Crippen LogP contribution in [0.15, 0.2) is 17.0 Å². The fraction of sp³-hybridized carbons (Fsp3) is 0.625. The second-order valence-electron chi connectivity index (χ2n) is 7.11. The van der Waals surface area contributed by atoms with E-state index in [0.717, 1.165) is 17.4 Å². The molecule has 4 rings (SSSR count). The predicted molar refractivity (Wildman–Crippen MR) is 82.2 cm³/mol. The minimum absolute atomic E-state index is 0.169. The molecule has 0 saturated heterocycles. The SMILES string of the molecule is Cc1cc(N)c(C)c(S(=O)(=O)NC2C3C4CCC(C4)C23)c1. The van der Waals surface area contributed by atoms with Crippen molar-refractivity contribution in [3.8, 4) is 0 Å². The number of fused-ring (bicyclic) bond motifs is 5. The van der Waals surface area contributed by atoms with Crippen LogP contribution in [0.4, 0.5) is 5.69 Å². The van der Waals surface area contributed by atoms with Crippen LogP contribution in [-0.2, 0) is 10.0 Å². The predicted octanol–water partition coefficient (Wildman–Crippen LogP) is 2.21. The first-order valence-electron chi connectivity index (χ1n) is 7.77. The molecule has 0 aliphatic heterocycles. The minimum Gasteiger partial charge on any atom is -0.398 e. The molecule has 0 aromatic heterocycles. The lowest BCUT2D eigenvalue weighted by atomic mass is 10.0. The van der Waals surface area contributed by atoms with Crippen molar-refractivity contribution in [3.63, 3.8) is 0 Å². The molecule has 3 saturated carbocycles. The third-order valence-electron chi connectivity index (χ3n) is 5.86. The topological polar surface area (TPSA) is 72.2 Å². The number of rotatable bonds is 3. The van der Waals surface area contributed by atoms with Gasteiger partial charge in [0.25, 0.3) is 0 Å². The van der Waals surface area contributed by atoms with Crippen molar-refractivity contribution in [1.29, 1.82) is 0 Å². The van der Waals surface area contributed by atoms with Crippen molar-refractivity contribution in [2.45, 2.75) is 44.0 Å². The maximum atomic E-state index is 12.7. The van der Waals surface area contributed by atoms with Crippen LogP contribution in [0.2, 0.25) is 0 Å². The van der Waals surface area contributed by atoms with Crippen molar-refractivity contribution in [1.82, 2.24) is 4.72 Å². The Morgan fingerprint density at radius 2 is 1.76 bits per heavy atom. The second kappa shape index (κ2) is 4.23. The molecule has 1 aromatic carbocycles. The fourth-order valence-corrected chi connectivity index (χ4v) is 6.52. The summed E-state index contributed by atoms with van der Waals surface area (Å²) in [6, 6.07) is 3.71. The summed E-state index contributed by atoms with van der Waals surface area (Å²) >= 11 is 0. The molecule has 4 unspecified atom stereocenters. The molecule has 114 valence electrons. The number of anilines is 1. The summed E-state index contributed by atoms with van der Waals surface area (Å²) in [6.45, 7) is 3.65. The molecule has 21 heavy (non-hydrogen) atoms. The summed E-state index contributed by atoms with van der Waals surface area (Å²) in [4.78, 5) is 0.345. The van der Waals surface area contributed by atoms with Crippen LogP contribution in [0.5, 0.6) is 0 Å². The highest BCUT2D eigenvalue weighted by Gasteiger charge is 2.65. The van der Waals surface area contributed by atoms with Crippen LogP contribution in [0.25, 0.3) is 0 Å². The van der Waals surface area contributed by atoms with Gasteiger partial charge in [-0.15, -0.1) is 0 Å². The van der Waals surface area contributed by atoms with Crippen molar-refractivity contribution < 1.29 is 8.42 Å². The van der Waals surface area contributed by atoms with Gasteiger partial charge in [0, 0.05) is 11.7 Å². The van der Waals surface area contributed by atoms with Crippen LogP contribution < -0.4 is 10.5 Å². The number of sulfonamides is 1. The lowest BCUT2D eigenvalue weighted by Crippen LogP contribution is -2.30. The summed E-state index contributed by atoms with van der Waals surface area (Å²) in [7, 11) is -3.46. The van der Waals surface area contributed by atoms with E-state index < -0.39 is 10.0 Å². The Bertz CT molecular complexity index is 697. The number of nitrogens with one attached hydrogen (secondary N) is 1. The third kappa shape index (κ3) is 1.94. The molecule has 3 fully saturated rings. The number of nitrogens with two attached hydrogens (primary N) is 1. The summed E-state index contributed by atoms with van der Waals surface area (Å²) in [5.74, 6) is 2.72. The van der Waals surface area contributed by atoms with Crippen LogP contribution in [0, 0.1) is 37.5 Å². The third-order valence-corrected chi connectivity index (χ3v) is 7.45. The van der Waals surface area contributed by atoms with E-state index in [9.17, 15) is 8.42 Å². The molecule has 5 heteroatoms. The molecule has 1 aromatic rings. The van der Waals surface area contributed by atoms with Gasteiger partial charge in [0.05, 0.1) is 4.90 Å². The number of hydrogen-bond acceptors (Lipinski definition) is 3. The largest absolute Gasteiger partial charge is 0.398 e. The van der Waals surface area contributed by atoms with Gasteiger partial charge in [-0.25, -0.2) is 13.1 Å². The highest BCUT2D eigenvalue weighted by Crippen LogP contribution is 2.65. The minimum atomic E-state index is -3.46. The smallest absolute Gasteiger partial charge is 0.241 e. The maximum Gasteiger partial charge on any atom is 0.241 e. The summed E-state index contributed by atoms with van der Waals surface area (Å²) in [5.41, 5.74) is 8.00. The van der Waals surface area contributed by atoms with E-state index in [1.807, 2.05) is 13.0 Å². The van der Waals surface area contributed by atoms with E-state index in [-0.39, 0.29) is 6.04 Å². The van der Waals surface area contributed by atoms with Gasteiger partial charge in [-0.3, -0.25) is 0 Å². The Labute approximate surface area is 126 Å². The maximum absolute atomic E-state index is 12.7. The fourth-order valence-electron chi connectivity index (χ4n) is 4.86. The molecule has 3 aliphatic carbocycles. The van der Waals surface area contributed by atoms with E-state index in [1.165, 1.54) is 19.3 Å². The van der Waals surface area contributed by atoms with E-state index in [0.29, 0.717) is 28.0 Å². The van der Waals surface area contributed by atoms with Gasteiger partial charge in [0.15, 0.2) is 0 Å².